The molecule has 4 nitrogen and oxygen atoms in total. The molecule has 4 saturated carbocycles. The number of hydrogen-bond acceptors (Lipinski definition) is 4. The van der Waals surface area contributed by atoms with E-state index >= 15 is 0 Å². The highest BCUT2D eigenvalue weighted by Crippen LogP contribution is 2.69. The number of rotatable bonds is 5. The molecule has 4 fully saturated rings. The molecule has 0 bridgehead atoms. The lowest BCUT2D eigenvalue weighted by atomic mass is 9.41. The van der Waals surface area contributed by atoms with Crippen LogP contribution in [0.15, 0.2) is 0 Å². The summed E-state index contributed by atoms with van der Waals surface area (Å²) in [5.41, 5.74) is 0.535. The van der Waals surface area contributed by atoms with E-state index in [9.17, 15) is 15.0 Å². The van der Waals surface area contributed by atoms with Crippen molar-refractivity contribution in [1.82, 2.24) is 0 Å². The predicted molar refractivity (Wildman–Crippen MR) is 122 cm³/mol. The quantitative estimate of drug-likeness (QED) is 0.584. The third kappa shape index (κ3) is 3.68. The first-order valence-corrected chi connectivity index (χ1v) is 13.1. The largest absolute Gasteiger partial charge is 0.469 e. The Morgan fingerprint density at radius 1 is 1.03 bits per heavy atom. The van der Waals surface area contributed by atoms with Crippen LogP contribution in [0.2, 0.25) is 0 Å². The molecule has 4 aliphatic rings. The fourth-order valence-corrected chi connectivity index (χ4v) is 9.58. The topological polar surface area (TPSA) is 66.8 Å². The standard InChI is InChI=1S/C27H46O4/c1-6-18-22-15-17(28)11-13-27(22,4)21-12-14-26(3)19(16(2)7-10-23(29)31-5)8-9-20(26)24(21)25(18)30/h16-22,24-25,28,30H,6-15H2,1-5H3/t16-,17-,18-,19?,20?,21?,22+,24?,25?,26-,27-/m1/s1. The van der Waals surface area contributed by atoms with Gasteiger partial charge in [-0.05, 0) is 104 Å². The maximum Gasteiger partial charge on any atom is 0.305 e. The Morgan fingerprint density at radius 2 is 1.71 bits per heavy atom. The number of carbonyl (C=O) groups excluding carboxylic acids is 1. The minimum absolute atomic E-state index is 0.0952. The molecule has 2 N–H and O–H groups in total. The molecule has 4 rings (SSSR count). The van der Waals surface area contributed by atoms with Crippen LogP contribution in [0, 0.1) is 52.3 Å². The van der Waals surface area contributed by atoms with Crippen LogP contribution in [-0.4, -0.2) is 35.5 Å². The van der Waals surface area contributed by atoms with E-state index < -0.39 is 0 Å². The number of ether oxygens (including phenoxy) is 1. The molecule has 31 heavy (non-hydrogen) atoms. The van der Waals surface area contributed by atoms with E-state index in [1.54, 1.807) is 0 Å². The molecule has 0 aromatic heterocycles. The van der Waals surface area contributed by atoms with Crippen molar-refractivity contribution in [3.05, 3.63) is 0 Å². The molecule has 5 unspecified atom stereocenters. The van der Waals surface area contributed by atoms with Crippen LogP contribution in [0.5, 0.6) is 0 Å². The van der Waals surface area contributed by atoms with Gasteiger partial charge in [0, 0.05) is 6.42 Å². The van der Waals surface area contributed by atoms with Crippen LogP contribution >= 0.6 is 0 Å². The Labute approximate surface area is 189 Å². The lowest BCUT2D eigenvalue weighted by Crippen LogP contribution is -2.62. The van der Waals surface area contributed by atoms with Crippen LogP contribution < -0.4 is 0 Å². The third-order valence-electron chi connectivity index (χ3n) is 11.2. The SMILES string of the molecule is CC[C@H]1C(O)C2C3CCC([C@H](C)CCC(=O)OC)[C@@]3(C)CCC2[C@@]2(C)CC[C@@H](O)C[C@@H]12. The van der Waals surface area contributed by atoms with Crippen LogP contribution in [0.3, 0.4) is 0 Å². The second-order valence-electron chi connectivity index (χ2n) is 12.2. The van der Waals surface area contributed by atoms with Gasteiger partial charge in [-0.15, -0.1) is 0 Å². The Hall–Kier alpha value is -0.610. The van der Waals surface area contributed by atoms with E-state index in [0.29, 0.717) is 47.8 Å². The maximum absolute atomic E-state index is 11.8. The summed E-state index contributed by atoms with van der Waals surface area (Å²) < 4.78 is 4.88. The lowest BCUT2D eigenvalue weighted by molar-refractivity contribution is -0.203. The Morgan fingerprint density at radius 3 is 2.39 bits per heavy atom. The third-order valence-corrected chi connectivity index (χ3v) is 11.2. The minimum Gasteiger partial charge on any atom is -0.469 e. The van der Waals surface area contributed by atoms with Gasteiger partial charge in [0.25, 0.3) is 0 Å². The molecule has 0 aliphatic heterocycles. The zero-order chi connectivity index (χ0) is 22.6. The highest BCUT2D eigenvalue weighted by Gasteiger charge is 2.64. The molecule has 0 spiro atoms. The monoisotopic (exact) mass is 434 g/mol. The molecule has 4 heteroatoms. The van der Waals surface area contributed by atoms with Crippen LogP contribution in [0.4, 0.5) is 0 Å². The Bertz CT molecular complexity index is 664. The molecule has 0 aromatic rings. The molecule has 0 heterocycles. The van der Waals surface area contributed by atoms with Gasteiger partial charge in [0.15, 0.2) is 0 Å². The highest BCUT2D eigenvalue weighted by molar-refractivity contribution is 5.69. The van der Waals surface area contributed by atoms with E-state index in [0.717, 1.165) is 32.1 Å². The van der Waals surface area contributed by atoms with Crippen LogP contribution in [0.25, 0.3) is 0 Å². The van der Waals surface area contributed by atoms with Crippen molar-refractivity contribution >= 4 is 5.97 Å². The maximum atomic E-state index is 11.8. The van der Waals surface area contributed by atoms with Gasteiger partial charge in [-0.1, -0.05) is 34.1 Å². The summed E-state index contributed by atoms with van der Waals surface area (Å²) in [5.74, 6) is 3.41. The number of carbonyl (C=O) groups is 1. The van der Waals surface area contributed by atoms with E-state index in [4.69, 9.17) is 4.74 Å². The summed E-state index contributed by atoms with van der Waals surface area (Å²) in [6.45, 7) is 9.58. The van der Waals surface area contributed by atoms with E-state index in [1.807, 2.05) is 0 Å². The van der Waals surface area contributed by atoms with Crippen molar-refractivity contribution in [3.8, 4) is 0 Å². The summed E-state index contributed by atoms with van der Waals surface area (Å²) in [6.07, 6.45) is 9.87. The number of esters is 1. The molecule has 4 aliphatic carbocycles. The van der Waals surface area contributed by atoms with Gasteiger partial charge in [0.1, 0.15) is 0 Å². The van der Waals surface area contributed by atoms with E-state index in [2.05, 4.69) is 27.7 Å². The zero-order valence-corrected chi connectivity index (χ0v) is 20.5. The van der Waals surface area contributed by atoms with Crippen LogP contribution in [0.1, 0.15) is 91.9 Å². The number of methoxy groups -OCH3 is 1. The predicted octanol–water partition coefficient (Wildman–Crippen LogP) is 5.20. The van der Waals surface area contributed by atoms with Crippen molar-refractivity contribution < 1.29 is 19.7 Å². The van der Waals surface area contributed by atoms with Crippen molar-refractivity contribution in [3.63, 3.8) is 0 Å². The summed E-state index contributed by atoms with van der Waals surface area (Å²) in [7, 11) is 1.48. The fraction of sp³-hybridized carbons (Fsp3) is 0.963. The molecule has 0 saturated heterocycles. The van der Waals surface area contributed by atoms with Gasteiger partial charge < -0.3 is 14.9 Å². The minimum atomic E-state index is -0.230. The molecule has 0 radical (unpaired) electrons. The number of aliphatic hydroxyl groups is 2. The van der Waals surface area contributed by atoms with Gasteiger partial charge in [-0.3, -0.25) is 4.79 Å². The molecule has 11 atom stereocenters. The summed E-state index contributed by atoms with van der Waals surface area (Å²) >= 11 is 0. The van der Waals surface area contributed by atoms with E-state index in [-0.39, 0.29) is 29.0 Å². The van der Waals surface area contributed by atoms with Crippen molar-refractivity contribution in [2.75, 3.05) is 7.11 Å². The first kappa shape index (κ1) is 23.5. The second-order valence-corrected chi connectivity index (χ2v) is 12.2. The van der Waals surface area contributed by atoms with E-state index in [1.165, 1.54) is 32.8 Å². The Kier molecular flexibility index (Phi) is 6.55. The van der Waals surface area contributed by atoms with Gasteiger partial charge in [-0.2, -0.15) is 0 Å². The number of hydrogen-bond donors (Lipinski definition) is 2. The number of fused-ring (bicyclic) bond motifs is 5. The average Bonchev–Trinajstić information content (AvgIpc) is 3.10. The van der Waals surface area contributed by atoms with Gasteiger partial charge >= 0.3 is 5.97 Å². The Balaban J connectivity index is 1.58. The molecule has 178 valence electrons. The number of aliphatic hydroxyl groups excluding tert-OH is 2. The fourth-order valence-electron chi connectivity index (χ4n) is 9.58. The van der Waals surface area contributed by atoms with Crippen molar-refractivity contribution in [1.29, 1.82) is 0 Å². The zero-order valence-electron chi connectivity index (χ0n) is 20.5. The molecule has 0 amide bonds. The molecular weight excluding hydrogens is 388 g/mol. The highest BCUT2D eigenvalue weighted by atomic mass is 16.5. The lowest BCUT2D eigenvalue weighted by Gasteiger charge is -2.64. The first-order valence-electron chi connectivity index (χ1n) is 13.1. The van der Waals surface area contributed by atoms with Gasteiger partial charge in [0.2, 0.25) is 0 Å². The normalized spacial score (nSPS) is 50.2. The molecular formula is C27H46O4. The van der Waals surface area contributed by atoms with Gasteiger partial charge in [-0.25, -0.2) is 0 Å². The van der Waals surface area contributed by atoms with Crippen molar-refractivity contribution in [2.45, 2.75) is 104 Å². The average molecular weight is 435 g/mol. The van der Waals surface area contributed by atoms with Gasteiger partial charge in [0.05, 0.1) is 19.3 Å². The first-order chi connectivity index (χ1) is 14.7. The summed E-state index contributed by atoms with van der Waals surface area (Å²) in [4.78, 5) is 11.7. The van der Waals surface area contributed by atoms with Crippen LogP contribution in [-0.2, 0) is 9.53 Å². The summed E-state index contributed by atoms with van der Waals surface area (Å²) in [6, 6.07) is 0. The smallest absolute Gasteiger partial charge is 0.305 e. The summed E-state index contributed by atoms with van der Waals surface area (Å²) in [5, 5.41) is 22.2. The molecule has 0 aromatic carbocycles. The second kappa shape index (κ2) is 8.63. The van der Waals surface area contributed by atoms with Crippen molar-refractivity contribution in [2.24, 2.45) is 52.3 Å².